The van der Waals surface area contributed by atoms with Crippen molar-refractivity contribution < 1.29 is 14.3 Å². The quantitative estimate of drug-likeness (QED) is 0.736. The number of carbonyl (C=O) groups excluding carboxylic acids is 2. The molecule has 0 saturated carbocycles. The van der Waals surface area contributed by atoms with Crippen LogP contribution in [0.2, 0.25) is 5.02 Å². The molecule has 2 aliphatic rings. The van der Waals surface area contributed by atoms with Crippen LogP contribution in [0.5, 0.6) is 0 Å². The lowest BCUT2D eigenvalue weighted by Gasteiger charge is -2.48. The molecule has 2 aliphatic heterocycles. The molecule has 29 heavy (non-hydrogen) atoms. The Kier molecular flexibility index (Phi) is 5.69. The predicted octanol–water partition coefficient (Wildman–Crippen LogP) is 3.82. The number of amides is 2. The first-order chi connectivity index (χ1) is 14.1. The van der Waals surface area contributed by atoms with Gasteiger partial charge in [0.05, 0.1) is 12.5 Å². The molecule has 2 aromatic carbocycles. The van der Waals surface area contributed by atoms with Crippen molar-refractivity contribution in [1.29, 1.82) is 0 Å². The van der Waals surface area contributed by atoms with Crippen LogP contribution >= 0.6 is 11.6 Å². The van der Waals surface area contributed by atoms with E-state index in [0.29, 0.717) is 17.3 Å². The van der Waals surface area contributed by atoms with Gasteiger partial charge in [-0.15, -0.1) is 0 Å². The van der Waals surface area contributed by atoms with Crippen LogP contribution in [0.3, 0.4) is 0 Å². The van der Waals surface area contributed by atoms with Gasteiger partial charge < -0.3 is 10.1 Å². The van der Waals surface area contributed by atoms with Crippen molar-refractivity contribution >= 4 is 35.2 Å². The van der Waals surface area contributed by atoms with Gasteiger partial charge in [-0.05, 0) is 48.7 Å². The SMILES string of the molecule is O=C1C[C@@](/C=C/c2ccccc2)(C(=O)NC[C@@H]2CCCO2)N1c1ccc(Cl)cc1. The Hall–Kier alpha value is -2.63. The van der Waals surface area contributed by atoms with Gasteiger partial charge in [0.15, 0.2) is 5.54 Å². The first-order valence-corrected chi connectivity index (χ1v) is 10.2. The summed E-state index contributed by atoms with van der Waals surface area (Å²) in [5.41, 5.74) is 0.546. The number of ether oxygens (including phenoxy) is 1. The molecule has 0 aromatic heterocycles. The van der Waals surface area contributed by atoms with E-state index in [9.17, 15) is 9.59 Å². The first kappa shape index (κ1) is 19.7. The minimum atomic E-state index is -1.07. The minimum absolute atomic E-state index is 0.0360. The molecule has 0 bridgehead atoms. The molecule has 5 nitrogen and oxygen atoms in total. The van der Waals surface area contributed by atoms with E-state index >= 15 is 0 Å². The Morgan fingerprint density at radius 1 is 1.21 bits per heavy atom. The molecule has 0 unspecified atom stereocenters. The summed E-state index contributed by atoms with van der Waals surface area (Å²) in [6, 6.07) is 16.7. The fraction of sp³-hybridized carbons (Fsp3) is 0.304. The smallest absolute Gasteiger partial charge is 0.251 e. The third-order valence-electron chi connectivity index (χ3n) is 5.41. The summed E-state index contributed by atoms with van der Waals surface area (Å²) >= 11 is 6.00. The Labute approximate surface area is 175 Å². The van der Waals surface area contributed by atoms with Gasteiger partial charge in [-0.3, -0.25) is 14.5 Å². The molecule has 6 heteroatoms. The van der Waals surface area contributed by atoms with Crippen molar-refractivity contribution in [3.8, 4) is 0 Å². The van der Waals surface area contributed by atoms with E-state index in [2.05, 4.69) is 5.32 Å². The number of benzene rings is 2. The molecule has 2 aromatic rings. The standard InChI is InChI=1S/C23H23ClN2O3/c24-18-8-10-19(11-9-18)26-21(27)15-23(26,13-12-17-5-2-1-3-6-17)22(28)25-16-20-7-4-14-29-20/h1-3,5-6,8-13,20H,4,7,14-16H2,(H,25,28)/b13-12+/t20-,23-/m0/s1. The van der Waals surface area contributed by atoms with Gasteiger partial charge in [0.25, 0.3) is 5.91 Å². The van der Waals surface area contributed by atoms with E-state index in [0.717, 1.165) is 25.0 Å². The summed E-state index contributed by atoms with van der Waals surface area (Å²) in [5, 5.41) is 3.58. The van der Waals surface area contributed by atoms with E-state index in [4.69, 9.17) is 16.3 Å². The highest BCUT2D eigenvalue weighted by atomic mass is 35.5. The molecular weight excluding hydrogens is 388 g/mol. The van der Waals surface area contributed by atoms with E-state index in [-0.39, 0.29) is 24.3 Å². The van der Waals surface area contributed by atoms with Gasteiger partial charge in [0.1, 0.15) is 0 Å². The molecule has 2 heterocycles. The average Bonchev–Trinajstić information content (AvgIpc) is 3.25. The van der Waals surface area contributed by atoms with Crippen molar-refractivity contribution in [1.82, 2.24) is 5.32 Å². The highest BCUT2D eigenvalue weighted by Crippen LogP contribution is 2.39. The molecule has 2 fully saturated rings. The molecule has 2 saturated heterocycles. The Morgan fingerprint density at radius 2 is 1.97 bits per heavy atom. The third-order valence-corrected chi connectivity index (χ3v) is 5.66. The zero-order chi connectivity index (χ0) is 20.3. The average molecular weight is 411 g/mol. The van der Waals surface area contributed by atoms with Crippen LogP contribution in [0.1, 0.15) is 24.8 Å². The minimum Gasteiger partial charge on any atom is -0.376 e. The van der Waals surface area contributed by atoms with E-state index in [1.54, 1.807) is 29.2 Å². The van der Waals surface area contributed by atoms with E-state index in [1.165, 1.54) is 0 Å². The van der Waals surface area contributed by atoms with Crippen LogP contribution in [-0.4, -0.2) is 36.6 Å². The second kappa shape index (κ2) is 8.39. The number of carbonyl (C=O) groups is 2. The second-order valence-electron chi connectivity index (χ2n) is 7.40. The van der Waals surface area contributed by atoms with Crippen molar-refractivity contribution in [2.75, 3.05) is 18.1 Å². The number of rotatable bonds is 6. The lowest BCUT2D eigenvalue weighted by Crippen LogP contribution is -2.70. The normalized spacial score (nSPS) is 24.0. The van der Waals surface area contributed by atoms with Gasteiger partial charge in [0, 0.05) is 23.9 Å². The number of β-lactam (4-membered cyclic amide) rings is 1. The van der Waals surface area contributed by atoms with Gasteiger partial charge in [-0.25, -0.2) is 0 Å². The van der Waals surface area contributed by atoms with Crippen LogP contribution in [0.4, 0.5) is 5.69 Å². The lowest BCUT2D eigenvalue weighted by atomic mass is 9.81. The number of nitrogens with zero attached hydrogens (tertiary/aromatic N) is 1. The van der Waals surface area contributed by atoms with Crippen LogP contribution in [0, 0.1) is 0 Å². The van der Waals surface area contributed by atoms with Gasteiger partial charge in [-0.1, -0.05) is 48.0 Å². The van der Waals surface area contributed by atoms with Gasteiger partial charge >= 0.3 is 0 Å². The van der Waals surface area contributed by atoms with Crippen LogP contribution in [0.15, 0.2) is 60.7 Å². The second-order valence-corrected chi connectivity index (χ2v) is 7.83. The highest BCUT2D eigenvalue weighted by molar-refractivity contribution is 6.30. The summed E-state index contributed by atoms with van der Waals surface area (Å²) in [6.45, 7) is 1.18. The summed E-state index contributed by atoms with van der Waals surface area (Å²) in [5.74, 6) is -0.299. The Morgan fingerprint density at radius 3 is 2.62 bits per heavy atom. The molecule has 150 valence electrons. The molecule has 4 rings (SSSR count). The van der Waals surface area contributed by atoms with E-state index in [1.807, 2.05) is 42.5 Å². The van der Waals surface area contributed by atoms with Gasteiger partial charge in [-0.2, -0.15) is 0 Å². The summed E-state index contributed by atoms with van der Waals surface area (Å²) < 4.78 is 5.61. The highest BCUT2D eigenvalue weighted by Gasteiger charge is 2.55. The summed E-state index contributed by atoms with van der Waals surface area (Å²) in [6.07, 6.45) is 5.82. The largest absolute Gasteiger partial charge is 0.376 e. The zero-order valence-electron chi connectivity index (χ0n) is 16.0. The first-order valence-electron chi connectivity index (χ1n) is 9.81. The number of hydrogen-bond acceptors (Lipinski definition) is 3. The van der Waals surface area contributed by atoms with Gasteiger partial charge in [0.2, 0.25) is 5.91 Å². The molecule has 0 spiro atoms. The molecule has 0 aliphatic carbocycles. The Balaban J connectivity index is 1.62. The fourth-order valence-corrected chi connectivity index (χ4v) is 3.96. The Bertz CT molecular complexity index is 907. The topological polar surface area (TPSA) is 58.6 Å². The maximum Gasteiger partial charge on any atom is 0.251 e. The molecular formula is C23H23ClN2O3. The maximum atomic E-state index is 13.3. The van der Waals surface area contributed by atoms with Crippen LogP contribution in [-0.2, 0) is 14.3 Å². The van der Waals surface area contributed by atoms with Crippen molar-refractivity contribution in [2.45, 2.75) is 30.9 Å². The summed E-state index contributed by atoms with van der Waals surface area (Å²) in [7, 11) is 0. The monoisotopic (exact) mass is 410 g/mol. The van der Waals surface area contributed by atoms with Crippen molar-refractivity contribution in [3.63, 3.8) is 0 Å². The predicted molar refractivity (Wildman–Crippen MR) is 114 cm³/mol. The van der Waals surface area contributed by atoms with Crippen LogP contribution in [0.25, 0.3) is 6.08 Å². The number of hydrogen-bond donors (Lipinski definition) is 1. The third kappa shape index (κ3) is 4.07. The van der Waals surface area contributed by atoms with Crippen molar-refractivity contribution in [3.05, 3.63) is 71.3 Å². The lowest BCUT2D eigenvalue weighted by molar-refractivity contribution is -0.137. The molecule has 2 amide bonds. The number of anilines is 1. The van der Waals surface area contributed by atoms with Crippen molar-refractivity contribution in [2.24, 2.45) is 0 Å². The molecule has 0 radical (unpaired) electrons. The number of halogens is 1. The molecule has 2 atom stereocenters. The fourth-order valence-electron chi connectivity index (χ4n) is 3.84. The van der Waals surface area contributed by atoms with E-state index < -0.39 is 5.54 Å². The maximum absolute atomic E-state index is 13.3. The number of nitrogens with one attached hydrogen (secondary N) is 1. The van der Waals surface area contributed by atoms with Crippen LogP contribution < -0.4 is 10.2 Å². The molecule has 1 N–H and O–H groups in total. The zero-order valence-corrected chi connectivity index (χ0v) is 16.8. The summed E-state index contributed by atoms with van der Waals surface area (Å²) in [4.78, 5) is 27.4.